The van der Waals surface area contributed by atoms with Crippen LogP contribution in [0.15, 0.2) is 18.5 Å². The second-order valence-corrected chi connectivity index (χ2v) is 4.17. The van der Waals surface area contributed by atoms with Gasteiger partial charge < -0.3 is 4.74 Å². The molecule has 0 aromatic carbocycles. The van der Waals surface area contributed by atoms with E-state index in [1.807, 2.05) is 6.07 Å². The van der Waals surface area contributed by atoms with Crippen LogP contribution in [0, 0.1) is 0 Å². The Morgan fingerprint density at radius 1 is 1.45 bits per heavy atom. The van der Waals surface area contributed by atoms with Gasteiger partial charge in [0.05, 0.1) is 11.0 Å². The summed E-state index contributed by atoms with van der Waals surface area (Å²) in [6, 6.07) is 1.95. The van der Waals surface area contributed by atoms with Gasteiger partial charge in [-0.2, -0.15) is 0 Å². The van der Waals surface area contributed by atoms with Gasteiger partial charge >= 0.3 is 0 Å². The largest absolute Gasteiger partial charge is 0.476 e. The Bertz CT molecular complexity index is 279. The minimum atomic E-state index is 0.0294. The number of nitrogens with zero attached hydrogens (tertiary/aromatic N) is 1. The standard InChI is InChI=1S/C7H5Br2NO/c8-6-4-1-2-10-3-5(4)11-7(6)9/h1-3,6-7H/t6-,7-/m0/s1. The number of aromatic nitrogens is 1. The molecule has 11 heavy (non-hydrogen) atoms. The van der Waals surface area contributed by atoms with Crippen molar-refractivity contribution in [3.8, 4) is 5.75 Å². The summed E-state index contributed by atoms with van der Waals surface area (Å²) in [6.45, 7) is 0. The van der Waals surface area contributed by atoms with Crippen molar-refractivity contribution in [2.45, 2.75) is 9.84 Å². The molecular weight excluding hydrogens is 274 g/mol. The first-order valence-electron chi connectivity index (χ1n) is 3.18. The molecule has 0 aliphatic carbocycles. The minimum absolute atomic E-state index is 0.0294. The van der Waals surface area contributed by atoms with Crippen molar-refractivity contribution >= 4 is 31.9 Å². The lowest BCUT2D eigenvalue weighted by Crippen LogP contribution is -2.03. The van der Waals surface area contributed by atoms with E-state index in [2.05, 4.69) is 36.8 Å². The molecule has 2 heterocycles. The number of ether oxygens (including phenoxy) is 1. The van der Waals surface area contributed by atoms with Gasteiger partial charge in [-0.25, -0.2) is 0 Å². The van der Waals surface area contributed by atoms with E-state index in [0.29, 0.717) is 0 Å². The van der Waals surface area contributed by atoms with Gasteiger partial charge in [0.25, 0.3) is 0 Å². The summed E-state index contributed by atoms with van der Waals surface area (Å²) in [7, 11) is 0. The molecule has 0 saturated carbocycles. The van der Waals surface area contributed by atoms with Gasteiger partial charge in [0.1, 0.15) is 5.75 Å². The smallest absolute Gasteiger partial charge is 0.169 e. The fourth-order valence-corrected chi connectivity index (χ4v) is 2.01. The van der Waals surface area contributed by atoms with Crippen molar-refractivity contribution in [2.24, 2.45) is 0 Å². The monoisotopic (exact) mass is 277 g/mol. The molecule has 0 fully saturated rings. The van der Waals surface area contributed by atoms with Crippen molar-refractivity contribution in [2.75, 3.05) is 0 Å². The van der Waals surface area contributed by atoms with Gasteiger partial charge in [-0.15, -0.1) is 0 Å². The molecule has 0 N–H and O–H groups in total. The Morgan fingerprint density at radius 3 is 3.00 bits per heavy atom. The van der Waals surface area contributed by atoms with E-state index in [1.165, 1.54) is 0 Å². The predicted octanol–water partition coefficient (Wildman–Crippen LogP) is 2.63. The first kappa shape index (κ1) is 7.55. The summed E-state index contributed by atoms with van der Waals surface area (Å²) in [4.78, 5) is 4.20. The third kappa shape index (κ3) is 1.18. The van der Waals surface area contributed by atoms with Crippen LogP contribution in [-0.4, -0.2) is 10.00 Å². The Hall–Kier alpha value is -0.0900. The van der Waals surface area contributed by atoms with Crippen LogP contribution < -0.4 is 4.74 Å². The maximum absolute atomic E-state index is 5.43. The van der Waals surface area contributed by atoms with E-state index < -0.39 is 0 Å². The molecule has 1 aromatic rings. The van der Waals surface area contributed by atoms with E-state index in [9.17, 15) is 0 Å². The normalized spacial score (nSPS) is 27.8. The molecule has 2 atom stereocenters. The molecule has 0 unspecified atom stereocenters. The molecule has 0 radical (unpaired) electrons. The summed E-state index contributed by atoms with van der Waals surface area (Å²) in [5.41, 5.74) is 1.15. The SMILES string of the molecule is Br[C@H]1Oc2cnccc2[C@@H]1Br. The van der Waals surface area contributed by atoms with E-state index in [4.69, 9.17) is 4.74 Å². The third-order valence-corrected chi connectivity index (χ3v) is 3.98. The number of fused-ring (bicyclic) bond motifs is 1. The molecular formula is C7H5Br2NO. The molecule has 58 valence electrons. The zero-order valence-corrected chi connectivity index (χ0v) is 8.67. The average Bonchev–Trinajstić information content (AvgIpc) is 2.30. The summed E-state index contributed by atoms with van der Waals surface area (Å²) in [5.74, 6) is 0.858. The average molecular weight is 279 g/mol. The van der Waals surface area contributed by atoms with Crippen molar-refractivity contribution in [3.63, 3.8) is 0 Å². The Kier molecular flexibility index (Phi) is 1.89. The first-order chi connectivity index (χ1) is 5.29. The second kappa shape index (κ2) is 2.75. The maximum atomic E-state index is 5.43. The van der Waals surface area contributed by atoms with Crippen LogP contribution in [0.1, 0.15) is 10.4 Å². The summed E-state index contributed by atoms with van der Waals surface area (Å²) in [5, 5.41) is 0.0294. The van der Waals surface area contributed by atoms with Crippen molar-refractivity contribution < 1.29 is 4.74 Å². The molecule has 0 spiro atoms. The summed E-state index contributed by atoms with van der Waals surface area (Å²) >= 11 is 6.89. The first-order valence-corrected chi connectivity index (χ1v) is 5.01. The number of hydrogen-bond donors (Lipinski definition) is 0. The molecule has 2 rings (SSSR count). The van der Waals surface area contributed by atoms with Crippen molar-refractivity contribution in [1.29, 1.82) is 0 Å². The second-order valence-electron chi connectivity index (χ2n) is 2.28. The fourth-order valence-electron chi connectivity index (χ4n) is 1.04. The highest BCUT2D eigenvalue weighted by molar-refractivity contribution is 9.12. The fraction of sp³-hybridized carbons (Fsp3) is 0.286. The maximum Gasteiger partial charge on any atom is 0.169 e. The van der Waals surface area contributed by atoms with Gasteiger partial charge in [0.15, 0.2) is 5.01 Å². The number of hydrogen-bond acceptors (Lipinski definition) is 2. The topological polar surface area (TPSA) is 22.1 Å². The van der Waals surface area contributed by atoms with Gasteiger partial charge in [0.2, 0.25) is 0 Å². The number of halogens is 2. The number of alkyl halides is 2. The van der Waals surface area contributed by atoms with Crippen LogP contribution >= 0.6 is 31.9 Å². The molecule has 1 aliphatic rings. The van der Waals surface area contributed by atoms with E-state index >= 15 is 0 Å². The predicted molar refractivity (Wildman–Crippen MR) is 49.2 cm³/mol. The van der Waals surface area contributed by atoms with Gasteiger partial charge in [-0.3, -0.25) is 4.98 Å². The molecule has 0 bridgehead atoms. The van der Waals surface area contributed by atoms with Crippen molar-refractivity contribution in [1.82, 2.24) is 4.98 Å². The van der Waals surface area contributed by atoms with Crippen LogP contribution in [0.2, 0.25) is 0 Å². The highest BCUT2D eigenvalue weighted by Gasteiger charge is 2.29. The molecule has 4 heteroatoms. The molecule has 0 amide bonds. The lowest BCUT2D eigenvalue weighted by Gasteiger charge is -2.02. The molecule has 1 aromatic heterocycles. The zero-order chi connectivity index (χ0) is 7.84. The van der Waals surface area contributed by atoms with E-state index in [0.717, 1.165) is 11.3 Å². The van der Waals surface area contributed by atoms with Crippen LogP contribution in [0.3, 0.4) is 0 Å². The molecule has 0 saturated heterocycles. The summed E-state index contributed by atoms with van der Waals surface area (Å²) < 4.78 is 5.43. The third-order valence-electron chi connectivity index (χ3n) is 1.58. The quantitative estimate of drug-likeness (QED) is 0.681. The Morgan fingerprint density at radius 2 is 2.27 bits per heavy atom. The van der Waals surface area contributed by atoms with Crippen LogP contribution in [0.4, 0.5) is 0 Å². The lowest BCUT2D eigenvalue weighted by atomic mass is 10.2. The molecule has 1 aliphatic heterocycles. The van der Waals surface area contributed by atoms with E-state index in [-0.39, 0.29) is 9.84 Å². The summed E-state index contributed by atoms with van der Waals surface area (Å²) in [6.07, 6.45) is 3.49. The Labute approximate surface area is 81.2 Å². The highest BCUT2D eigenvalue weighted by atomic mass is 79.9. The molecule has 2 nitrogen and oxygen atoms in total. The zero-order valence-electron chi connectivity index (χ0n) is 5.50. The Balaban J connectivity index is 2.47. The van der Waals surface area contributed by atoms with Gasteiger partial charge in [-0.1, -0.05) is 15.9 Å². The van der Waals surface area contributed by atoms with Gasteiger partial charge in [0, 0.05) is 11.8 Å². The lowest BCUT2D eigenvalue weighted by molar-refractivity contribution is 0.328. The van der Waals surface area contributed by atoms with Gasteiger partial charge in [-0.05, 0) is 22.0 Å². The highest BCUT2D eigenvalue weighted by Crippen LogP contribution is 2.43. The van der Waals surface area contributed by atoms with Crippen molar-refractivity contribution in [3.05, 3.63) is 24.0 Å². The number of rotatable bonds is 0. The van der Waals surface area contributed by atoms with E-state index in [1.54, 1.807) is 12.4 Å². The van der Waals surface area contributed by atoms with Crippen LogP contribution in [0.25, 0.3) is 0 Å². The number of pyridine rings is 1. The van der Waals surface area contributed by atoms with Crippen LogP contribution in [0.5, 0.6) is 5.75 Å². The van der Waals surface area contributed by atoms with Crippen LogP contribution in [-0.2, 0) is 0 Å². The minimum Gasteiger partial charge on any atom is -0.476 e.